The van der Waals surface area contributed by atoms with Crippen LogP contribution in [0.5, 0.6) is 0 Å². The van der Waals surface area contributed by atoms with Crippen LogP contribution < -0.4 is 5.32 Å². The van der Waals surface area contributed by atoms with Crippen LogP contribution in [0.2, 0.25) is 0 Å². The number of nitrogens with zero attached hydrogens (tertiary/aromatic N) is 1. The summed E-state index contributed by atoms with van der Waals surface area (Å²) < 4.78 is 0. The number of hydrogen-bond acceptors (Lipinski definition) is 3. The smallest absolute Gasteiger partial charge is 0.0492 e. The lowest BCUT2D eigenvalue weighted by molar-refractivity contribution is 0.280. The second kappa shape index (κ2) is 5.71. The van der Waals surface area contributed by atoms with Crippen molar-refractivity contribution in [3.63, 3.8) is 0 Å². The van der Waals surface area contributed by atoms with Crippen LogP contribution >= 0.6 is 11.8 Å². The quantitative estimate of drug-likeness (QED) is 0.811. The summed E-state index contributed by atoms with van der Waals surface area (Å²) in [6.45, 7) is 8.97. The fourth-order valence-corrected chi connectivity index (χ4v) is 2.82. The maximum Gasteiger partial charge on any atom is 0.0492 e. The van der Waals surface area contributed by atoms with Gasteiger partial charge in [0, 0.05) is 37.0 Å². The van der Waals surface area contributed by atoms with Crippen LogP contribution in [-0.2, 0) is 0 Å². The van der Waals surface area contributed by atoms with Crippen molar-refractivity contribution in [1.82, 2.24) is 10.2 Å². The average molecular weight is 236 g/mol. The van der Waals surface area contributed by atoms with Gasteiger partial charge in [0.15, 0.2) is 0 Å². The molecule has 1 aromatic rings. The van der Waals surface area contributed by atoms with E-state index in [0.717, 1.165) is 19.0 Å². The molecular weight excluding hydrogens is 216 g/mol. The number of hydrogen-bond donors (Lipinski definition) is 1. The predicted octanol–water partition coefficient (Wildman–Crippen LogP) is 2.26. The minimum Gasteiger partial charge on any atom is -0.314 e. The average Bonchev–Trinajstić information content (AvgIpc) is 2.32. The first-order valence-electron chi connectivity index (χ1n) is 5.89. The molecule has 0 bridgehead atoms. The highest BCUT2D eigenvalue weighted by Gasteiger charge is 2.09. The minimum absolute atomic E-state index is 1.12. The summed E-state index contributed by atoms with van der Waals surface area (Å²) in [6.07, 6.45) is 0. The molecule has 2 nitrogen and oxygen atoms in total. The Morgan fingerprint density at radius 2 is 1.94 bits per heavy atom. The van der Waals surface area contributed by atoms with E-state index in [2.05, 4.69) is 42.3 Å². The van der Waals surface area contributed by atoms with Crippen molar-refractivity contribution in [1.29, 1.82) is 0 Å². The van der Waals surface area contributed by atoms with Gasteiger partial charge in [-0.15, -0.1) is 11.8 Å². The molecule has 0 aromatic heterocycles. The molecule has 1 heterocycles. The SMILES string of the molecule is Cc1ccc(SCN2CCNCC2)cc1C. The van der Waals surface area contributed by atoms with Gasteiger partial charge in [0.2, 0.25) is 0 Å². The molecule has 16 heavy (non-hydrogen) atoms. The summed E-state index contributed by atoms with van der Waals surface area (Å²) in [4.78, 5) is 3.90. The molecule has 2 rings (SSSR count). The number of piperazine rings is 1. The van der Waals surface area contributed by atoms with Gasteiger partial charge in [-0.3, -0.25) is 4.90 Å². The lowest BCUT2D eigenvalue weighted by Gasteiger charge is -2.26. The number of nitrogens with one attached hydrogen (secondary N) is 1. The van der Waals surface area contributed by atoms with Crippen LogP contribution in [0.1, 0.15) is 11.1 Å². The molecular formula is C13H20N2S. The van der Waals surface area contributed by atoms with Crippen LogP contribution in [0, 0.1) is 13.8 Å². The lowest BCUT2D eigenvalue weighted by atomic mass is 10.1. The van der Waals surface area contributed by atoms with Crippen molar-refractivity contribution in [2.45, 2.75) is 18.7 Å². The second-order valence-electron chi connectivity index (χ2n) is 4.39. The number of aryl methyl sites for hydroxylation is 2. The van der Waals surface area contributed by atoms with Crippen molar-refractivity contribution < 1.29 is 0 Å². The molecule has 0 unspecified atom stereocenters. The molecule has 1 N–H and O–H groups in total. The van der Waals surface area contributed by atoms with Gasteiger partial charge in [0.25, 0.3) is 0 Å². The summed E-state index contributed by atoms with van der Waals surface area (Å²) in [6, 6.07) is 6.74. The summed E-state index contributed by atoms with van der Waals surface area (Å²) in [5.41, 5.74) is 2.77. The van der Waals surface area contributed by atoms with Crippen LogP contribution in [-0.4, -0.2) is 37.0 Å². The standard InChI is InChI=1S/C13H20N2S/c1-11-3-4-13(9-12(11)2)16-10-15-7-5-14-6-8-15/h3-4,9,14H,5-8,10H2,1-2H3. The third kappa shape index (κ3) is 3.24. The highest BCUT2D eigenvalue weighted by molar-refractivity contribution is 7.99. The van der Waals surface area contributed by atoms with E-state index in [9.17, 15) is 0 Å². The molecule has 0 atom stereocenters. The summed E-state index contributed by atoms with van der Waals surface area (Å²) >= 11 is 1.95. The van der Waals surface area contributed by atoms with Crippen molar-refractivity contribution in [2.24, 2.45) is 0 Å². The Morgan fingerprint density at radius 3 is 2.62 bits per heavy atom. The van der Waals surface area contributed by atoms with Gasteiger partial charge >= 0.3 is 0 Å². The molecule has 0 radical (unpaired) electrons. The van der Waals surface area contributed by atoms with Crippen LogP contribution in [0.3, 0.4) is 0 Å². The van der Waals surface area contributed by atoms with Gasteiger partial charge in [-0.2, -0.15) is 0 Å². The van der Waals surface area contributed by atoms with E-state index in [1.807, 2.05) is 11.8 Å². The van der Waals surface area contributed by atoms with E-state index in [1.165, 1.54) is 29.1 Å². The second-order valence-corrected chi connectivity index (χ2v) is 5.41. The predicted molar refractivity (Wildman–Crippen MR) is 71.1 cm³/mol. The number of rotatable bonds is 3. The van der Waals surface area contributed by atoms with Gasteiger partial charge in [0.1, 0.15) is 0 Å². The number of thioether (sulfide) groups is 1. The Hall–Kier alpha value is -0.510. The van der Waals surface area contributed by atoms with E-state index in [1.54, 1.807) is 0 Å². The minimum atomic E-state index is 1.12. The molecule has 1 saturated heterocycles. The third-order valence-corrected chi connectivity index (χ3v) is 4.18. The van der Waals surface area contributed by atoms with E-state index in [4.69, 9.17) is 0 Å². The Morgan fingerprint density at radius 1 is 1.19 bits per heavy atom. The van der Waals surface area contributed by atoms with Crippen molar-refractivity contribution >= 4 is 11.8 Å². The van der Waals surface area contributed by atoms with Crippen molar-refractivity contribution in [3.8, 4) is 0 Å². The molecule has 1 fully saturated rings. The highest BCUT2D eigenvalue weighted by atomic mass is 32.2. The van der Waals surface area contributed by atoms with E-state index in [-0.39, 0.29) is 0 Å². The van der Waals surface area contributed by atoms with Gasteiger partial charge < -0.3 is 5.32 Å². The lowest BCUT2D eigenvalue weighted by Crippen LogP contribution is -2.43. The highest BCUT2D eigenvalue weighted by Crippen LogP contribution is 2.21. The monoisotopic (exact) mass is 236 g/mol. The molecule has 88 valence electrons. The van der Waals surface area contributed by atoms with E-state index >= 15 is 0 Å². The third-order valence-electron chi connectivity index (χ3n) is 3.10. The van der Waals surface area contributed by atoms with Crippen LogP contribution in [0.15, 0.2) is 23.1 Å². The molecule has 1 aromatic carbocycles. The van der Waals surface area contributed by atoms with E-state index < -0.39 is 0 Å². The van der Waals surface area contributed by atoms with E-state index in [0.29, 0.717) is 0 Å². The molecule has 0 spiro atoms. The molecule has 0 aliphatic carbocycles. The zero-order valence-corrected chi connectivity index (χ0v) is 10.9. The fourth-order valence-electron chi connectivity index (χ4n) is 1.81. The number of benzene rings is 1. The molecule has 1 aliphatic heterocycles. The zero-order valence-electron chi connectivity index (χ0n) is 10.1. The van der Waals surface area contributed by atoms with Crippen molar-refractivity contribution in [2.75, 3.05) is 32.1 Å². The van der Waals surface area contributed by atoms with Crippen LogP contribution in [0.4, 0.5) is 0 Å². The first kappa shape index (κ1) is 12.0. The normalized spacial score (nSPS) is 17.6. The summed E-state index contributed by atoms with van der Waals surface area (Å²) in [5, 5.41) is 3.38. The largest absolute Gasteiger partial charge is 0.314 e. The first-order chi connectivity index (χ1) is 7.75. The maximum absolute atomic E-state index is 3.38. The van der Waals surface area contributed by atoms with Crippen LogP contribution in [0.25, 0.3) is 0 Å². The Labute approximate surface area is 102 Å². The fraction of sp³-hybridized carbons (Fsp3) is 0.538. The summed E-state index contributed by atoms with van der Waals surface area (Å²) in [5.74, 6) is 1.12. The molecule has 3 heteroatoms. The zero-order chi connectivity index (χ0) is 11.4. The van der Waals surface area contributed by atoms with Gasteiger partial charge in [-0.05, 0) is 37.1 Å². The van der Waals surface area contributed by atoms with Crippen molar-refractivity contribution in [3.05, 3.63) is 29.3 Å². The first-order valence-corrected chi connectivity index (χ1v) is 6.87. The Kier molecular flexibility index (Phi) is 4.27. The Bertz CT molecular complexity index is 346. The van der Waals surface area contributed by atoms with Gasteiger partial charge in [0.05, 0.1) is 0 Å². The molecule has 0 saturated carbocycles. The Balaban J connectivity index is 1.86. The maximum atomic E-state index is 3.38. The van der Waals surface area contributed by atoms with Gasteiger partial charge in [-0.1, -0.05) is 6.07 Å². The molecule has 0 amide bonds. The van der Waals surface area contributed by atoms with Gasteiger partial charge in [-0.25, -0.2) is 0 Å². The topological polar surface area (TPSA) is 15.3 Å². The molecule has 1 aliphatic rings. The summed E-state index contributed by atoms with van der Waals surface area (Å²) in [7, 11) is 0.